The normalized spacial score (nSPS) is 20.8. The van der Waals surface area contributed by atoms with Gasteiger partial charge < -0.3 is 5.32 Å². The van der Waals surface area contributed by atoms with E-state index in [1.54, 1.807) is 12.1 Å². The van der Waals surface area contributed by atoms with Gasteiger partial charge in [0.25, 0.3) is 0 Å². The van der Waals surface area contributed by atoms with E-state index >= 15 is 0 Å². The number of piperazine rings is 1. The van der Waals surface area contributed by atoms with Gasteiger partial charge in [-0.05, 0) is 30.4 Å². The molecule has 0 radical (unpaired) electrons. The minimum Gasteiger partial charge on any atom is -0.314 e. The van der Waals surface area contributed by atoms with Crippen molar-refractivity contribution >= 4 is 24.8 Å². The molecule has 1 aromatic rings. The maximum absolute atomic E-state index is 13.3. The summed E-state index contributed by atoms with van der Waals surface area (Å²) in [5, 5.41) is 3.28. The molecule has 2 aliphatic rings. The average molecular weight is 371 g/mol. The molecule has 2 nitrogen and oxygen atoms in total. The van der Waals surface area contributed by atoms with Crippen molar-refractivity contribution in [3.05, 3.63) is 35.4 Å². The van der Waals surface area contributed by atoms with E-state index in [2.05, 4.69) is 10.2 Å². The van der Waals surface area contributed by atoms with E-state index in [-0.39, 0.29) is 30.9 Å². The van der Waals surface area contributed by atoms with Crippen molar-refractivity contribution in [2.75, 3.05) is 26.2 Å². The van der Waals surface area contributed by atoms with E-state index in [0.717, 1.165) is 45.4 Å². The van der Waals surface area contributed by atoms with Gasteiger partial charge in [-0.1, -0.05) is 24.6 Å². The molecule has 1 aliphatic carbocycles. The number of benzene rings is 1. The summed E-state index contributed by atoms with van der Waals surface area (Å²) in [5.41, 5.74) is 0.0111. The summed E-state index contributed by atoms with van der Waals surface area (Å²) >= 11 is 0. The van der Waals surface area contributed by atoms with Crippen LogP contribution in [0.4, 0.5) is 13.2 Å². The number of alkyl halides is 3. The van der Waals surface area contributed by atoms with Crippen molar-refractivity contribution in [2.24, 2.45) is 5.92 Å². The van der Waals surface area contributed by atoms with Gasteiger partial charge in [0, 0.05) is 32.2 Å². The van der Waals surface area contributed by atoms with Crippen molar-refractivity contribution in [1.82, 2.24) is 10.2 Å². The predicted octanol–water partition coefficient (Wildman–Crippen LogP) is 4.30. The summed E-state index contributed by atoms with van der Waals surface area (Å²) in [7, 11) is 0. The van der Waals surface area contributed by atoms with Crippen LogP contribution in [-0.4, -0.2) is 31.1 Å². The zero-order chi connectivity index (χ0) is 14.9. The van der Waals surface area contributed by atoms with Crippen LogP contribution in [0.1, 0.15) is 36.4 Å². The molecule has 0 unspecified atom stereocenters. The second-order valence-corrected chi connectivity index (χ2v) is 6.01. The predicted molar refractivity (Wildman–Crippen MR) is 90.5 cm³/mol. The van der Waals surface area contributed by atoms with E-state index in [4.69, 9.17) is 0 Å². The number of halogens is 5. The van der Waals surface area contributed by atoms with Crippen molar-refractivity contribution in [3.8, 4) is 0 Å². The molecule has 1 saturated carbocycles. The fourth-order valence-corrected chi connectivity index (χ4v) is 3.48. The first-order valence-corrected chi connectivity index (χ1v) is 7.68. The molecule has 1 aromatic carbocycles. The van der Waals surface area contributed by atoms with Gasteiger partial charge >= 0.3 is 6.18 Å². The van der Waals surface area contributed by atoms with Crippen LogP contribution in [-0.2, 0) is 6.18 Å². The minimum absolute atomic E-state index is 0. The Hall–Kier alpha value is -0.490. The quantitative estimate of drug-likeness (QED) is 0.853. The van der Waals surface area contributed by atoms with Crippen LogP contribution in [0.3, 0.4) is 0 Å². The van der Waals surface area contributed by atoms with Crippen molar-refractivity contribution in [3.63, 3.8) is 0 Å². The molecule has 0 aromatic heterocycles. The number of rotatable bonds is 3. The van der Waals surface area contributed by atoms with Gasteiger partial charge in [-0.15, -0.1) is 24.8 Å². The highest BCUT2D eigenvalue weighted by Gasteiger charge is 2.40. The summed E-state index contributed by atoms with van der Waals surface area (Å²) in [6.07, 6.45) is -1.05. The van der Waals surface area contributed by atoms with Crippen LogP contribution in [0.25, 0.3) is 0 Å². The van der Waals surface area contributed by atoms with Gasteiger partial charge in [-0.3, -0.25) is 4.90 Å². The first-order valence-electron chi connectivity index (χ1n) is 7.68. The van der Waals surface area contributed by atoms with Crippen LogP contribution >= 0.6 is 24.8 Å². The highest BCUT2D eigenvalue weighted by molar-refractivity contribution is 5.85. The summed E-state index contributed by atoms with van der Waals surface area (Å²) in [5.74, 6) is 0.367. The van der Waals surface area contributed by atoms with Gasteiger partial charge in [0.1, 0.15) is 0 Å². The lowest BCUT2D eigenvalue weighted by molar-refractivity contribution is -0.139. The fraction of sp³-hybridized carbons (Fsp3) is 0.625. The molecule has 1 N–H and O–H groups in total. The Labute approximate surface area is 147 Å². The zero-order valence-corrected chi connectivity index (χ0v) is 14.4. The molecular formula is C16H23Cl2F3N2. The molecule has 7 heteroatoms. The third-order valence-corrected chi connectivity index (χ3v) is 4.73. The Morgan fingerprint density at radius 2 is 1.65 bits per heavy atom. The Kier molecular flexibility index (Phi) is 7.65. The van der Waals surface area contributed by atoms with E-state index < -0.39 is 11.7 Å². The van der Waals surface area contributed by atoms with Crippen molar-refractivity contribution in [1.29, 1.82) is 0 Å². The molecular weight excluding hydrogens is 348 g/mol. The summed E-state index contributed by atoms with van der Waals surface area (Å²) in [4.78, 5) is 2.24. The molecule has 1 atom stereocenters. The molecule has 0 spiro atoms. The van der Waals surface area contributed by atoms with E-state index in [0.29, 0.717) is 11.5 Å². The van der Waals surface area contributed by atoms with Crippen LogP contribution in [0, 0.1) is 5.92 Å². The highest BCUT2D eigenvalue weighted by atomic mass is 35.5. The van der Waals surface area contributed by atoms with Crippen molar-refractivity contribution in [2.45, 2.75) is 31.5 Å². The van der Waals surface area contributed by atoms with Crippen LogP contribution < -0.4 is 5.32 Å². The third-order valence-electron chi connectivity index (χ3n) is 4.73. The smallest absolute Gasteiger partial charge is 0.314 e. The van der Waals surface area contributed by atoms with Gasteiger partial charge in [0.2, 0.25) is 0 Å². The number of hydrogen-bond donors (Lipinski definition) is 1. The number of nitrogens with one attached hydrogen (secondary N) is 1. The Bertz CT molecular complexity index is 486. The Balaban J connectivity index is 0.00000132. The van der Waals surface area contributed by atoms with Gasteiger partial charge in [0.05, 0.1) is 5.56 Å². The summed E-state index contributed by atoms with van der Waals surface area (Å²) in [6, 6.07) is 6.04. The Morgan fingerprint density at radius 1 is 1.04 bits per heavy atom. The molecule has 0 amide bonds. The number of hydrogen-bond acceptors (Lipinski definition) is 2. The first-order chi connectivity index (χ1) is 10.1. The van der Waals surface area contributed by atoms with E-state index in [1.807, 2.05) is 0 Å². The standard InChI is InChI=1S/C16H21F3N2.2ClH/c17-16(18,19)14-7-2-1-6-13(14)15(12-4-3-5-12)21-10-8-20-9-11-21;;/h1-2,6-7,12,15,20H,3-5,8-11H2;2*1H/t15-;;/m1../s1. The number of nitrogens with zero attached hydrogens (tertiary/aromatic N) is 1. The maximum Gasteiger partial charge on any atom is 0.416 e. The minimum atomic E-state index is -4.27. The molecule has 23 heavy (non-hydrogen) atoms. The lowest BCUT2D eigenvalue weighted by atomic mass is 9.75. The average Bonchev–Trinajstić information content (AvgIpc) is 2.43. The van der Waals surface area contributed by atoms with Crippen LogP contribution in [0.15, 0.2) is 24.3 Å². The molecule has 132 valence electrons. The molecule has 3 rings (SSSR count). The largest absolute Gasteiger partial charge is 0.416 e. The maximum atomic E-state index is 13.3. The topological polar surface area (TPSA) is 15.3 Å². The fourth-order valence-electron chi connectivity index (χ4n) is 3.48. The zero-order valence-electron chi connectivity index (χ0n) is 12.8. The third kappa shape index (κ3) is 4.53. The SMILES string of the molecule is Cl.Cl.FC(F)(F)c1ccccc1[C@@H](C1CCC1)N1CCNCC1. The lowest BCUT2D eigenvalue weighted by Crippen LogP contribution is -2.48. The molecule has 1 saturated heterocycles. The van der Waals surface area contributed by atoms with Gasteiger partial charge in [-0.25, -0.2) is 0 Å². The summed E-state index contributed by atoms with van der Waals surface area (Å²) < 4.78 is 40.0. The first kappa shape index (κ1) is 20.6. The van der Waals surface area contributed by atoms with Gasteiger partial charge in [-0.2, -0.15) is 13.2 Å². The van der Waals surface area contributed by atoms with Crippen LogP contribution in [0.2, 0.25) is 0 Å². The molecule has 2 fully saturated rings. The molecule has 1 heterocycles. The second-order valence-electron chi connectivity index (χ2n) is 6.01. The lowest BCUT2D eigenvalue weighted by Gasteiger charge is -2.44. The van der Waals surface area contributed by atoms with E-state index in [9.17, 15) is 13.2 Å². The second kappa shape index (κ2) is 8.56. The van der Waals surface area contributed by atoms with Crippen molar-refractivity contribution < 1.29 is 13.2 Å². The summed E-state index contributed by atoms with van der Waals surface area (Å²) in [6.45, 7) is 3.37. The Morgan fingerprint density at radius 3 is 2.17 bits per heavy atom. The monoisotopic (exact) mass is 370 g/mol. The van der Waals surface area contributed by atoms with Gasteiger partial charge in [0.15, 0.2) is 0 Å². The molecule has 1 aliphatic heterocycles. The van der Waals surface area contributed by atoms with E-state index in [1.165, 1.54) is 12.1 Å². The molecule has 0 bridgehead atoms. The highest BCUT2D eigenvalue weighted by Crippen LogP contribution is 2.45. The van der Waals surface area contributed by atoms with Crippen LogP contribution in [0.5, 0.6) is 0 Å².